The minimum atomic E-state index is -4.79. The van der Waals surface area contributed by atoms with Crippen LogP contribution in [0, 0.1) is 5.82 Å². The highest BCUT2D eigenvalue weighted by Gasteiger charge is 2.31. The molecule has 9 nitrogen and oxygen atoms in total. The lowest BCUT2D eigenvalue weighted by Gasteiger charge is -2.08. The molecule has 0 fully saturated rings. The Labute approximate surface area is 186 Å². The molecular formula is C21H12F4N6O3. The van der Waals surface area contributed by atoms with Gasteiger partial charge >= 0.3 is 6.36 Å². The lowest BCUT2D eigenvalue weighted by atomic mass is 10.2. The summed E-state index contributed by atoms with van der Waals surface area (Å²) < 4.78 is 61.7. The zero-order valence-corrected chi connectivity index (χ0v) is 16.9. The Balaban J connectivity index is 1.37. The van der Waals surface area contributed by atoms with Crippen LogP contribution in [-0.4, -0.2) is 35.8 Å². The van der Waals surface area contributed by atoms with E-state index in [9.17, 15) is 22.4 Å². The molecule has 0 atom stereocenters. The molecular weight excluding hydrogens is 460 g/mol. The maximum Gasteiger partial charge on any atom is 0.573 e. The van der Waals surface area contributed by atoms with Crippen LogP contribution in [0.1, 0.15) is 5.89 Å². The van der Waals surface area contributed by atoms with E-state index in [1.165, 1.54) is 58.2 Å². The molecule has 0 N–H and O–H groups in total. The van der Waals surface area contributed by atoms with Crippen molar-refractivity contribution >= 4 is 11.0 Å². The number of nitrogens with zero attached hydrogens (tertiary/aromatic N) is 6. The van der Waals surface area contributed by atoms with Gasteiger partial charge in [-0.1, -0.05) is 5.16 Å². The second kappa shape index (κ2) is 8.10. The van der Waals surface area contributed by atoms with E-state index < -0.39 is 17.7 Å². The van der Waals surface area contributed by atoms with E-state index in [0.29, 0.717) is 16.9 Å². The number of rotatable bonds is 5. The van der Waals surface area contributed by atoms with E-state index in [1.54, 1.807) is 0 Å². The zero-order valence-electron chi connectivity index (χ0n) is 16.9. The maximum atomic E-state index is 13.2. The molecule has 34 heavy (non-hydrogen) atoms. The molecule has 0 saturated heterocycles. The van der Waals surface area contributed by atoms with Gasteiger partial charge in [-0.25, -0.2) is 14.1 Å². The van der Waals surface area contributed by atoms with Crippen LogP contribution in [0.2, 0.25) is 0 Å². The number of benzene rings is 2. The molecule has 0 bridgehead atoms. The van der Waals surface area contributed by atoms with Crippen molar-refractivity contribution in [2.75, 3.05) is 0 Å². The van der Waals surface area contributed by atoms with Crippen molar-refractivity contribution in [3.8, 4) is 22.8 Å². The molecule has 0 saturated carbocycles. The first kappa shape index (κ1) is 21.3. The van der Waals surface area contributed by atoms with Gasteiger partial charge < -0.3 is 9.26 Å². The highest BCUT2D eigenvalue weighted by Crippen LogP contribution is 2.25. The minimum absolute atomic E-state index is 0.0831. The van der Waals surface area contributed by atoms with Gasteiger partial charge in [-0.05, 0) is 48.5 Å². The lowest BCUT2D eigenvalue weighted by molar-refractivity contribution is -0.274. The van der Waals surface area contributed by atoms with Crippen LogP contribution in [0.3, 0.4) is 0 Å². The van der Waals surface area contributed by atoms with Gasteiger partial charge in [0.25, 0.3) is 5.56 Å². The van der Waals surface area contributed by atoms with Crippen molar-refractivity contribution in [3.63, 3.8) is 0 Å². The summed E-state index contributed by atoms with van der Waals surface area (Å²) in [5.41, 5.74) is 0.812. The topological polar surface area (TPSA) is 101 Å². The van der Waals surface area contributed by atoms with Gasteiger partial charge in [0.05, 0.1) is 11.9 Å². The van der Waals surface area contributed by atoms with Crippen LogP contribution in [0.15, 0.2) is 70.4 Å². The normalized spacial score (nSPS) is 11.8. The van der Waals surface area contributed by atoms with Gasteiger partial charge in [0.15, 0.2) is 5.65 Å². The zero-order chi connectivity index (χ0) is 23.9. The fourth-order valence-corrected chi connectivity index (χ4v) is 3.22. The SMILES string of the molecule is O=c1c2cnn(-c3ccc(F)cc3)c2ncn1Cc1nc(-c2ccc(OC(F)(F)F)cc2)no1. The number of alkyl halides is 3. The third-order valence-corrected chi connectivity index (χ3v) is 4.75. The largest absolute Gasteiger partial charge is 0.573 e. The summed E-state index contributed by atoms with van der Waals surface area (Å²) in [5.74, 6) is -0.577. The number of halogens is 4. The molecule has 3 aromatic heterocycles. The Morgan fingerprint density at radius 3 is 2.47 bits per heavy atom. The molecule has 0 radical (unpaired) electrons. The Morgan fingerprint density at radius 1 is 1.03 bits per heavy atom. The fourth-order valence-electron chi connectivity index (χ4n) is 3.22. The highest BCUT2D eigenvalue weighted by molar-refractivity contribution is 5.74. The van der Waals surface area contributed by atoms with Crippen LogP contribution in [0.5, 0.6) is 5.75 Å². The number of fused-ring (bicyclic) bond motifs is 1. The molecule has 5 aromatic rings. The Morgan fingerprint density at radius 2 is 1.76 bits per heavy atom. The summed E-state index contributed by atoms with van der Waals surface area (Å²) in [6, 6.07) is 10.5. The van der Waals surface area contributed by atoms with Crippen LogP contribution in [-0.2, 0) is 6.54 Å². The molecule has 0 amide bonds. The quantitative estimate of drug-likeness (QED) is 0.360. The molecule has 172 valence electrons. The van der Waals surface area contributed by atoms with Crippen molar-refractivity contribution in [1.82, 2.24) is 29.5 Å². The number of hydrogen-bond donors (Lipinski definition) is 0. The lowest BCUT2D eigenvalue weighted by Crippen LogP contribution is -2.21. The van der Waals surface area contributed by atoms with Crippen LogP contribution >= 0.6 is 0 Å². The standard InChI is InChI=1S/C21H12F4N6O3/c22-13-3-5-14(6-4-13)31-19-16(9-27-31)20(32)30(11-26-19)10-17-28-18(29-34-17)12-1-7-15(8-2-12)33-21(23,24)25/h1-9,11H,10H2. The third kappa shape index (κ3) is 4.22. The van der Waals surface area contributed by atoms with E-state index in [0.717, 1.165) is 12.1 Å². The van der Waals surface area contributed by atoms with E-state index in [2.05, 4.69) is 25.0 Å². The molecule has 3 heterocycles. The van der Waals surface area contributed by atoms with E-state index in [1.807, 2.05) is 0 Å². The van der Waals surface area contributed by atoms with E-state index in [-0.39, 0.29) is 29.4 Å². The van der Waals surface area contributed by atoms with Crippen molar-refractivity contribution < 1.29 is 26.8 Å². The second-order valence-corrected chi connectivity index (χ2v) is 7.03. The fraction of sp³-hybridized carbons (Fsp3) is 0.0952. The smallest absolute Gasteiger partial charge is 0.406 e. The van der Waals surface area contributed by atoms with Crippen molar-refractivity contribution in [1.29, 1.82) is 0 Å². The Kier molecular flexibility index (Phi) is 5.07. The minimum Gasteiger partial charge on any atom is -0.406 e. The van der Waals surface area contributed by atoms with Crippen LogP contribution in [0.25, 0.3) is 28.1 Å². The summed E-state index contributed by atoms with van der Waals surface area (Å²) >= 11 is 0. The summed E-state index contributed by atoms with van der Waals surface area (Å²) in [6.45, 7) is -0.0915. The van der Waals surface area contributed by atoms with Crippen LogP contribution < -0.4 is 10.3 Å². The first-order chi connectivity index (χ1) is 16.3. The molecule has 0 spiro atoms. The predicted octanol–water partition coefficient (Wildman–Crippen LogP) is 3.72. The van der Waals surface area contributed by atoms with Gasteiger partial charge in [0.2, 0.25) is 11.7 Å². The predicted molar refractivity (Wildman–Crippen MR) is 109 cm³/mol. The van der Waals surface area contributed by atoms with Gasteiger partial charge in [0, 0.05) is 5.56 Å². The summed E-state index contributed by atoms with van der Waals surface area (Å²) in [5, 5.41) is 8.19. The van der Waals surface area contributed by atoms with Gasteiger partial charge in [-0.15, -0.1) is 13.2 Å². The maximum absolute atomic E-state index is 13.2. The average Bonchev–Trinajstić information content (AvgIpc) is 3.43. The average molecular weight is 472 g/mol. The molecule has 5 rings (SSSR count). The molecule has 13 heteroatoms. The summed E-state index contributed by atoms with van der Waals surface area (Å²) in [7, 11) is 0. The first-order valence-electron chi connectivity index (χ1n) is 9.65. The molecule has 0 aliphatic carbocycles. The molecule has 0 aliphatic heterocycles. The molecule has 2 aromatic carbocycles. The van der Waals surface area contributed by atoms with E-state index in [4.69, 9.17) is 4.52 Å². The van der Waals surface area contributed by atoms with E-state index >= 15 is 0 Å². The number of ether oxygens (including phenoxy) is 1. The summed E-state index contributed by atoms with van der Waals surface area (Å²) in [6.07, 6.45) is -2.15. The Hall–Kier alpha value is -4.55. The Bertz CT molecular complexity index is 1520. The van der Waals surface area contributed by atoms with Crippen molar-refractivity contribution in [2.45, 2.75) is 12.9 Å². The van der Waals surface area contributed by atoms with Gasteiger partial charge in [-0.3, -0.25) is 9.36 Å². The highest BCUT2D eigenvalue weighted by atomic mass is 19.4. The number of hydrogen-bond acceptors (Lipinski definition) is 7. The second-order valence-electron chi connectivity index (χ2n) is 7.03. The molecule has 0 unspecified atom stereocenters. The summed E-state index contributed by atoms with van der Waals surface area (Å²) in [4.78, 5) is 21.3. The van der Waals surface area contributed by atoms with Gasteiger partial charge in [0.1, 0.15) is 29.8 Å². The van der Waals surface area contributed by atoms with Crippen molar-refractivity contribution in [2.24, 2.45) is 0 Å². The monoisotopic (exact) mass is 472 g/mol. The molecule has 0 aliphatic rings. The number of aromatic nitrogens is 6. The van der Waals surface area contributed by atoms with Gasteiger partial charge in [-0.2, -0.15) is 10.1 Å². The first-order valence-corrected chi connectivity index (χ1v) is 9.65. The van der Waals surface area contributed by atoms with Crippen LogP contribution in [0.4, 0.5) is 17.6 Å². The van der Waals surface area contributed by atoms with Crippen molar-refractivity contribution in [3.05, 3.63) is 83.1 Å². The third-order valence-electron chi connectivity index (χ3n) is 4.75.